The van der Waals surface area contributed by atoms with Crippen LogP contribution < -0.4 is 15.4 Å². The van der Waals surface area contributed by atoms with Crippen molar-refractivity contribution in [3.8, 4) is 5.75 Å². The van der Waals surface area contributed by atoms with Crippen LogP contribution in [0.3, 0.4) is 0 Å². The van der Waals surface area contributed by atoms with Crippen molar-refractivity contribution in [3.05, 3.63) is 29.8 Å². The lowest BCUT2D eigenvalue weighted by Crippen LogP contribution is -2.64. The molecule has 26 heavy (non-hydrogen) atoms. The standard InChI is InChI=1S/C22H32N2O2/c1-21(2,23-14-15-4-6-19(26-3)7-5-15)20(25)24-22-11-16-8-17(12-22)10-18(9-16)13-22/h4-7,16-18,23H,8-14H2,1-3H3,(H,24,25). The first kappa shape index (κ1) is 17.8. The summed E-state index contributed by atoms with van der Waals surface area (Å²) in [6, 6.07) is 8.00. The van der Waals surface area contributed by atoms with Gasteiger partial charge >= 0.3 is 0 Å². The van der Waals surface area contributed by atoms with Crippen LogP contribution in [0.5, 0.6) is 5.75 Å². The first-order valence-corrected chi connectivity index (χ1v) is 10.1. The molecule has 4 nitrogen and oxygen atoms in total. The van der Waals surface area contributed by atoms with E-state index in [9.17, 15) is 4.79 Å². The lowest BCUT2D eigenvalue weighted by molar-refractivity contribution is -0.132. The highest BCUT2D eigenvalue weighted by Crippen LogP contribution is 2.55. The summed E-state index contributed by atoms with van der Waals surface area (Å²) in [7, 11) is 1.67. The Kier molecular flexibility index (Phi) is 4.50. The van der Waals surface area contributed by atoms with Crippen molar-refractivity contribution in [1.29, 1.82) is 0 Å². The summed E-state index contributed by atoms with van der Waals surface area (Å²) in [6.45, 7) is 4.66. The van der Waals surface area contributed by atoms with E-state index in [1.165, 1.54) is 38.5 Å². The average molecular weight is 357 g/mol. The molecule has 0 saturated heterocycles. The molecule has 4 aliphatic carbocycles. The van der Waals surface area contributed by atoms with Crippen LogP contribution in [0.25, 0.3) is 0 Å². The van der Waals surface area contributed by atoms with E-state index in [0.717, 1.165) is 29.1 Å². The molecule has 0 unspecified atom stereocenters. The molecule has 4 heteroatoms. The summed E-state index contributed by atoms with van der Waals surface area (Å²) in [5.74, 6) is 3.53. The molecule has 1 aromatic carbocycles. The van der Waals surface area contributed by atoms with Crippen LogP contribution in [0.1, 0.15) is 57.9 Å². The Morgan fingerprint density at radius 2 is 1.62 bits per heavy atom. The number of benzene rings is 1. The maximum absolute atomic E-state index is 13.1. The Labute approximate surface area is 157 Å². The molecule has 0 aromatic heterocycles. The van der Waals surface area contributed by atoms with Gasteiger partial charge in [0.1, 0.15) is 5.75 Å². The zero-order valence-electron chi connectivity index (χ0n) is 16.3. The Hall–Kier alpha value is -1.55. The second-order valence-corrected chi connectivity index (χ2v) is 9.48. The molecule has 1 amide bonds. The van der Waals surface area contributed by atoms with Gasteiger partial charge in [0.2, 0.25) is 5.91 Å². The van der Waals surface area contributed by atoms with E-state index in [1.54, 1.807) is 7.11 Å². The minimum atomic E-state index is -0.580. The van der Waals surface area contributed by atoms with Gasteiger partial charge in [0.25, 0.3) is 0 Å². The monoisotopic (exact) mass is 356 g/mol. The van der Waals surface area contributed by atoms with Crippen molar-refractivity contribution in [3.63, 3.8) is 0 Å². The molecule has 4 aliphatic rings. The first-order valence-electron chi connectivity index (χ1n) is 10.1. The van der Waals surface area contributed by atoms with E-state index < -0.39 is 5.54 Å². The van der Waals surface area contributed by atoms with Gasteiger partial charge in [-0.2, -0.15) is 0 Å². The molecule has 5 rings (SSSR count). The first-order chi connectivity index (χ1) is 12.4. The predicted molar refractivity (Wildman–Crippen MR) is 103 cm³/mol. The van der Waals surface area contributed by atoms with Crippen LogP contribution in [0.15, 0.2) is 24.3 Å². The maximum atomic E-state index is 13.1. The summed E-state index contributed by atoms with van der Waals surface area (Å²) < 4.78 is 5.20. The van der Waals surface area contributed by atoms with Crippen molar-refractivity contribution in [2.75, 3.05) is 7.11 Å². The summed E-state index contributed by atoms with van der Waals surface area (Å²) in [4.78, 5) is 13.1. The molecule has 0 atom stereocenters. The van der Waals surface area contributed by atoms with Crippen molar-refractivity contribution in [1.82, 2.24) is 10.6 Å². The largest absolute Gasteiger partial charge is 0.497 e. The highest BCUT2D eigenvalue weighted by Gasteiger charge is 2.52. The molecule has 0 aliphatic heterocycles. The SMILES string of the molecule is COc1ccc(CNC(C)(C)C(=O)NC23CC4CC(CC(C4)C2)C3)cc1. The molecule has 0 spiro atoms. The Morgan fingerprint density at radius 3 is 2.12 bits per heavy atom. The molecule has 0 radical (unpaired) electrons. The summed E-state index contributed by atoms with van der Waals surface area (Å²) in [5.41, 5.74) is 0.648. The third kappa shape index (κ3) is 3.48. The van der Waals surface area contributed by atoms with Gasteiger partial charge in [-0.05, 0) is 87.8 Å². The fraction of sp³-hybridized carbons (Fsp3) is 0.682. The predicted octanol–water partition coefficient (Wildman–Crippen LogP) is 3.65. The minimum absolute atomic E-state index is 0.0743. The number of nitrogens with one attached hydrogen (secondary N) is 2. The van der Waals surface area contributed by atoms with Gasteiger partial charge in [-0.25, -0.2) is 0 Å². The van der Waals surface area contributed by atoms with Gasteiger partial charge < -0.3 is 10.1 Å². The Bertz CT molecular complexity index is 630. The van der Waals surface area contributed by atoms with Crippen LogP contribution in [0, 0.1) is 17.8 Å². The topological polar surface area (TPSA) is 50.4 Å². The van der Waals surface area contributed by atoms with E-state index >= 15 is 0 Å². The van der Waals surface area contributed by atoms with Crippen molar-refractivity contribution < 1.29 is 9.53 Å². The van der Waals surface area contributed by atoms with Crippen LogP contribution in [-0.4, -0.2) is 24.1 Å². The molecule has 0 heterocycles. The Balaban J connectivity index is 1.37. The molecule has 142 valence electrons. The van der Waals surface area contributed by atoms with Crippen molar-refractivity contribution in [2.45, 2.75) is 70.0 Å². The number of rotatable bonds is 6. The van der Waals surface area contributed by atoms with Gasteiger partial charge in [-0.1, -0.05) is 12.1 Å². The number of amides is 1. The smallest absolute Gasteiger partial charge is 0.240 e. The third-order valence-corrected chi connectivity index (χ3v) is 6.88. The highest BCUT2D eigenvalue weighted by atomic mass is 16.5. The van der Waals surface area contributed by atoms with Crippen LogP contribution in [-0.2, 0) is 11.3 Å². The molecular formula is C22H32N2O2. The van der Waals surface area contributed by atoms with Crippen LogP contribution in [0.2, 0.25) is 0 Å². The molecular weight excluding hydrogens is 324 g/mol. The second kappa shape index (κ2) is 6.56. The number of hydrogen-bond donors (Lipinski definition) is 2. The minimum Gasteiger partial charge on any atom is -0.497 e. The van der Waals surface area contributed by atoms with Crippen molar-refractivity contribution >= 4 is 5.91 Å². The van der Waals surface area contributed by atoms with Crippen LogP contribution >= 0.6 is 0 Å². The van der Waals surface area contributed by atoms with E-state index in [1.807, 2.05) is 38.1 Å². The lowest BCUT2D eigenvalue weighted by Gasteiger charge is -2.57. The van der Waals surface area contributed by atoms with E-state index in [4.69, 9.17) is 4.74 Å². The van der Waals surface area contributed by atoms with Crippen molar-refractivity contribution in [2.24, 2.45) is 17.8 Å². The van der Waals surface area contributed by atoms with Gasteiger partial charge in [-0.15, -0.1) is 0 Å². The summed E-state index contributed by atoms with van der Waals surface area (Å²) >= 11 is 0. The van der Waals surface area contributed by atoms with E-state index in [0.29, 0.717) is 6.54 Å². The highest BCUT2D eigenvalue weighted by molar-refractivity contribution is 5.86. The summed E-state index contributed by atoms with van der Waals surface area (Å²) in [5, 5.41) is 6.94. The average Bonchev–Trinajstić information content (AvgIpc) is 2.59. The van der Waals surface area contributed by atoms with E-state index in [2.05, 4.69) is 10.6 Å². The molecule has 4 fully saturated rings. The zero-order chi connectivity index (χ0) is 18.4. The second-order valence-electron chi connectivity index (χ2n) is 9.48. The van der Waals surface area contributed by atoms with Gasteiger partial charge in [0, 0.05) is 12.1 Å². The van der Waals surface area contributed by atoms with Crippen LogP contribution in [0.4, 0.5) is 0 Å². The molecule has 1 aromatic rings. The lowest BCUT2D eigenvalue weighted by atomic mass is 9.53. The van der Waals surface area contributed by atoms with Gasteiger partial charge in [0.15, 0.2) is 0 Å². The normalized spacial score (nSPS) is 32.5. The number of carbonyl (C=O) groups excluding carboxylic acids is 1. The molecule has 2 N–H and O–H groups in total. The molecule has 4 saturated carbocycles. The van der Waals surface area contributed by atoms with E-state index in [-0.39, 0.29) is 11.4 Å². The molecule has 4 bridgehead atoms. The fourth-order valence-corrected chi connectivity index (χ4v) is 5.81. The number of methoxy groups -OCH3 is 1. The number of hydrogen-bond acceptors (Lipinski definition) is 3. The zero-order valence-corrected chi connectivity index (χ0v) is 16.3. The van der Waals surface area contributed by atoms with Gasteiger partial charge in [-0.3, -0.25) is 10.1 Å². The number of carbonyl (C=O) groups is 1. The quantitative estimate of drug-likeness (QED) is 0.818. The summed E-state index contributed by atoms with van der Waals surface area (Å²) in [6.07, 6.45) is 7.77. The Morgan fingerprint density at radius 1 is 1.08 bits per heavy atom. The third-order valence-electron chi connectivity index (χ3n) is 6.88. The maximum Gasteiger partial charge on any atom is 0.240 e. The number of ether oxygens (including phenoxy) is 1. The fourth-order valence-electron chi connectivity index (χ4n) is 5.81. The van der Waals surface area contributed by atoms with Gasteiger partial charge in [0.05, 0.1) is 12.6 Å².